The van der Waals surface area contributed by atoms with E-state index in [1.807, 2.05) is 28.9 Å². The predicted molar refractivity (Wildman–Crippen MR) is 79.5 cm³/mol. The van der Waals surface area contributed by atoms with E-state index in [0.29, 0.717) is 0 Å². The summed E-state index contributed by atoms with van der Waals surface area (Å²) in [6, 6.07) is 10.2. The number of fused-ring (bicyclic) bond motifs is 1. The first-order valence-corrected chi connectivity index (χ1v) is 7.59. The summed E-state index contributed by atoms with van der Waals surface area (Å²) < 4.78 is 1.91. The Labute approximate surface area is 116 Å². The Morgan fingerprint density at radius 3 is 2.74 bits per heavy atom. The molecular formula is C15H17N3S. The molecule has 0 bridgehead atoms. The second-order valence-electron chi connectivity index (χ2n) is 4.67. The Hall–Kier alpha value is -1.68. The van der Waals surface area contributed by atoms with Crippen LogP contribution >= 0.6 is 11.3 Å². The molecule has 3 nitrogen and oxygen atoms in total. The number of unbranched alkanes of at least 4 members (excludes halogenated alkanes) is 2. The summed E-state index contributed by atoms with van der Waals surface area (Å²) in [5.74, 6) is 0. The molecule has 3 rings (SSSR count). The summed E-state index contributed by atoms with van der Waals surface area (Å²) in [6.45, 7) is 2.22. The van der Waals surface area contributed by atoms with Gasteiger partial charge >= 0.3 is 0 Å². The predicted octanol–water partition coefficient (Wildman–Crippen LogP) is 4.19. The van der Waals surface area contributed by atoms with Gasteiger partial charge in [0.25, 0.3) is 0 Å². The smallest absolute Gasteiger partial charge is 0.212 e. The Balaban J connectivity index is 1.82. The summed E-state index contributed by atoms with van der Waals surface area (Å²) in [7, 11) is 0. The van der Waals surface area contributed by atoms with Crippen LogP contribution in [0.2, 0.25) is 0 Å². The van der Waals surface area contributed by atoms with Crippen LogP contribution < -0.4 is 0 Å². The standard InChI is InChI=1S/C15H17N3S/c1-2-3-5-10-14-17-18-11-13(16-15(18)19-14)12-8-6-4-7-9-12/h4,6-9,11H,2-3,5,10H2,1H3. The van der Waals surface area contributed by atoms with E-state index >= 15 is 0 Å². The highest BCUT2D eigenvalue weighted by Crippen LogP contribution is 2.22. The van der Waals surface area contributed by atoms with Gasteiger partial charge < -0.3 is 0 Å². The van der Waals surface area contributed by atoms with E-state index in [4.69, 9.17) is 0 Å². The highest BCUT2D eigenvalue weighted by atomic mass is 32.1. The lowest BCUT2D eigenvalue weighted by Crippen LogP contribution is -1.87. The Morgan fingerprint density at radius 1 is 1.16 bits per heavy atom. The fourth-order valence-electron chi connectivity index (χ4n) is 2.12. The van der Waals surface area contributed by atoms with Gasteiger partial charge in [-0.1, -0.05) is 61.4 Å². The van der Waals surface area contributed by atoms with Crippen LogP contribution in [0.3, 0.4) is 0 Å². The van der Waals surface area contributed by atoms with Gasteiger partial charge in [0, 0.05) is 12.0 Å². The molecule has 0 fully saturated rings. The summed E-state index contributed by atoms with van der Waals surface area (Å²) in [5.41, 5.74) is 2.15. The average Bonchev–Trinajstić information content (AvgIpc) is 2.98. The van der Waals surface area contributed by atoms with Gasteiger partial charge in [-0.2, -0.15) is 5.10 Å². The van der Waals surface area contributed by atoms with Gasteiger partial charge in [0.1, 0.15) is 5.01 Å². The molecular weight excluding hydrogens is 254 g/mol. The number of aromatic nitrogens is 3. The maximum Gasteiger partial charge on any atom is 0.212 e. The summed E-state index contributed by atoms with van der Waals surface area (Å²) in [4.78, 5) is 5.64. The molecule has 0 aliphatic carbocycles. The van der Waals surface area contributed by atoms with E-state index in [9.17, 15) is 0 Å². The van der Waals surface area contributed by atoms with Gasteiger partial charge in [0.2, 0.25) is 4.96 Å². The third-order valence-electron chi connectivity index (χ3n) is 3.15. The molecule has 2 aromatic heterocycles. The number of aryl methyl sites for hydroxylation is 1. The third kappa shape index (κ3) is 2.68. The zero-order valence-electron chi connectivity index (χ0n) is 11.0. The molecule has 0 aliphatic rings. The van der Waals surface area contributed by atoms with Crippen LogP contribution in [0, 0.1) is 0 Å². The first-order valence-electron chi connectivity index (χ1n) is 6.77. The fourth-order valence-corrected chi connectivity index (χ4v) is 3.03. The minimum Gasteiger partial charge on any atom is -0.217 e. The molecule has 0 saturated heterocycles. The van der Waals surface area contributed by atoms with E-state index in [1.54, 1.807) is 11.3 Å². The lowest BCUT2D eigenvalue weighted by molar-refractivity contribution is 0.706. The Morgan fingerprint density at radius 2 is 2.00 bits per heavy atom. The maximum atomic E-state index is 4.65. The molecule has 0 N–H and O–H groups in total. The minimum atomic E-state index is 0.991. The maximum absolute atomic E-state index is 4.65. The Bertz CT molecular complexity index is 623. The van der Waals surface area contributed by atoms with Gasteiger partial charge in [-0.15, -0.1) is 0 Å². The molecule has 0 spiro atoms. The van der Waals surface area contributed by atoms with Crippen molar-refractivity contribution >= 4 is 16.3 Å². The summed E-state index contributed by atoms with van der Waals surface area (Å²) in [5, 5.41) is 5.79. The third-order valence-corrected chi connectivity index (χ3v) is 4.13. The molecule has 98 valence electrons. The van der Waals surface area contributed by atoms with Gasteiger partial charge in [0.05, 0.1) is 11.9 Å². The van der Waals surface area contributed by atoms with Crippen LogP contribution in [0.4, 0.5) is 0 Å². The van der Waals surface area contributed by atoms with Crippen LogP contribution in [0.25, 0.3) is 16.2 Å². The average molecular weight is 271 g/mol. The SMILES string of the molecule is CCCCCc1nn2cc(-c3ccccc3)nc2s1. The number of hydrogen-bond donors (Lipinski definition) is 0. The van der Waals surface area contributed by atoms with Crippen molar-refractivity contribution in [3.8, 4) is 11.3 Å². The minimum absolute atomic E-state index is 0.991. The molecule has 19 heavy (non-hydrogen) atoms. The van der Waals surface area contributed by atoms with Gasteiger partial charge in [-0.05, 0) is 6.42 Å². The van der Waals surface area contributed by atoms with Crippen molar-refractivity contribution in [2.75, 3.05) is 0 Å². The normalized spacial score (nSPS) is 11.2. The molecule has 4 heteroatoms. The van der Waals surface area contributed by atoms with E-state index in [1.165, 1.54) is 24.3 Å². The van der Waals surface area contributed by atoms with Gasteiger partial charge in [0.15, 0.2) is 0 Å². The molecule has 0 atom stereocenters. The highest BCUT2D eigenvalue weighted by Gasteiger charge is 2.09. The number of hydrogen-bond acceptors (Lipinski definition) is 3. The molecule has 0 saturated carbocycles. The molecule has 0 radical (unpaired) electrons. The van der Waals surface area contributed by atoms with Crippen LogP contribution in [0.15, 0.2) is 36.5 Å². The van der Waals surface area contributed by atoms with Crippen molar-refractivity contribution in [2.45, 2.75) is 32.6 Å². The van der Waals surface area contributed by atoms with E-state index in [-0.39, 0.29) is 0 Å². The van der Waals surface area contributed by atoms with Crippen molar-refractivity contribution in [1.29, 1.82) is 0 Å². The van der Waals surface area contributed by atoms with Crippen molar-refractivity contribution in [3.63, 3.8) is 0 Å². The first kappa shape index (κ1) is 12.4. The zero-order chi connectivity index (χ0) is 13.1. The second kappa shape index (κ2) is 5.53. The Kier molecular flexibility index (Phi) is 3.60. The molecule has 1 aromatic carbocycles. The van der Waals surface area contributed by atoms with Crippen molar-refractivity contribution < 1.29 is 0 Å². The van der Waals surface area contributed by atoms with Crippen molar-refractivity contribution in [2.24, 2.45) is 0 Å². The number of rotatable bonds is 5. The molecule has 0 aliphatic heterocycles. The molecule has 0 unspecified atom stereocenters. The van der Waals surface area contributed by atoms with Crippen LogP contribution in [0.5, 0.6) is 0 Å². The summed E-state index contributed by atoms with van der Waals surface area (Å²) >= 11 is 1.70. The quantitative estimate of drug-likeness (QED) is 0.651. The van der Waals surface area contributed by atoms with E-state index < -0.39 is 0 Å². The largest absolute Gasteiger partial charge is 0.217 e. The molecule has 2 heterocycles. The van der Waals surface area contributed by atoms with E-state index in [2.05, 4.69) is 29.1 Å². The van der Waals surface area contributed by atoms with Crippen LogP contribution in [0.1, 0.15) is 31.2 Å². The first-order chi connectivity index (χ1) is 9.36. The number of imidazole rings is 1. The van der Waals surface area contributed by atoms with Crippen LogP contribution in [-0.2, 0) is 6.42 Å². The van der Waals surface area contributed by atoms with Gasteiger partial charge in [-0.25, -0.2) is 9.50 Å². The zero-order valence-corrected chi connectivity index (χ0v) is 11.9. The summed E-state index contributed by atoms with van der Waals surface area (Å²) in [6.07, 6.45) is 6.84. The van der Waals surface area contributed by atoms with Crippen molar-refractivity contribution in [1.82, 2.24) is 14.6 Å². The van der Waals surface area contributed by atoms with Crippen LogP contribution in [-0.4, -0.2) is 14.6 Å². The second-order valence-corrected chi connectivity index (χ2v) is 5.71. The lowest BCUT2D eigenvalue weighted by Gasteiger charge is -1.94. The fraction of sp³-hybridized carbons (Fsp3) is 0.333. The molecule has 0 amide bonds. The lowest BCUT2D eigenvalue weighted by atomic mass is 10.2. The molecule has 3 aromatic rings. The van der Waals surface area contributed by atoms with Crippen molar-refractivity contribution in [3.05, 3.63) is 41.5 Å². The van der Waals surface area contributed by atoms with E-state index in [0.717, 1.165) is 22.6 Å². The van der Waals surface area contributed by atoms with Gasteiger partial charge in [-0.3, -0.25) is 0 Å². The monoisotopic (exact) mass is 271 g/mol. The highest BCUT2D eigenvalue weighted by molar-refractivity contribution is 7.16. The number of nitrogens with zero attached hydrogens (tertiary/aromatic N) is 3. The number of benzene rings is 1. The topological polar surface area (TPSA) is 30.2 Å².